The van der Waals surface area contributed by atoms with Gasteiger partial charge in [0.05, 0.1) is 6.04 Å². The molecule has 0 aromatic heterocycles. The quantitative estimate of drug-likeness (QED) is 0.778. The lowest BCUT2D eigenvalue weighted by molar-refractivity contribution is 0.527. The number of aliphatic imine (C=N–C) groups is 1. The van der Waals surface area contributed by atoms with E-state index >= 15 is 0 Å². The van der Waals surface area contributed by atoms with Gasteiger partial charge in [0.1, 0.15) is 0 Å². The van der Waals surface area contributed by atoms with Gasteiger partial charge in [-0.25, -0.2) is 0 Å². The van der Waals surface area contributed by atoms with Gasteiger partial charge in [-0.3, -0.25) is 4.99 Å². The van der Waals surface area contributed by atoms with Crippen LogP contribution in [0, 0.1) is 5.92 Å². The number of amidine groups is 1. The zero-order valence-corrected chi connectivity index (χ0v) is 10.5. The van der Waals surface area contributed by atoms with Crippen LogP contribution in [0.4, 0.5) is 0 Å². The third-order valence-electron chi connectivity index (χ3n) is 2.44. The van der Waals surface area contributed by atoms with Crippen molar-refractivity contribution in [2.24, 2.45) is 10.9 Å². The van der Waals surface area contributed by atoms with Gasteiger partial charge < -0.3 is 5.32 Å². The molecule has 0 bridgehead atoms. The van der Waals surface area contributed by atoms with Crippen molar-refractivity contribution in [2.45, 2.75) is 52.6 Å². The van der Waals surface area contributed by atoms with Crippen LogP contribution in [0.3, 0.4) is 0 Å². The van der Waals surface area contributed by atoms with Crippen molar-refractivity contribution in [3.05, 3.63) is 0 Å². The minimum absolute atomic E-state index is 0.548. The van der Waals surface area contributed by atoms with E-state index in [1.165, 1.54) is 6.42 Å². The Bertz CT molecular complexity index is 201. The van der Waals surface area contributed by atoms with Crippen molar-refractivity contribution in [1.29, 1.82) is 0 Å². The van der Waals surface area contributed by atoms with E-state index in [9.17, 15) is 0 Å². The molecule has 14 heavy (non-hydrogen) atoms. The summed E-state index contributed by atoms with van der Waals surface area (Å²) >= 11 is 1.88. The summed E-state index contributed by atoms with van der Waals surface area (Å²) in [5, 5.41) is 4.60. The van der Waals surface area contributed by atoms with E-state index < -0.39 is 0 Å². The first-order valence-corrected chi connectivity index (χ1v) is 6.57. The number of nitrogens with one attached hydrogen (secondary N) is 1. The van der Waals surface area contributed by atoms with Crippen molar-refractivity contribution < 1.29 is 0 Å². The molecule has 1 aliphatic heterocycles. The normalized spacial score (nSPS) is 23.8. The molecular formula is C11H22N2S. The minimum Gasteiger partial charge on any atom is -0.362 e. The average molecular weight is 214 g/mol. The van der Waals surface area contributed by atoms with E-state index in [1.807, 2.05) is 11.8 Å². The number of thioether (sulfide) groups is 1. The summed E-state index contributed by atoms with van der Waals surface area (Å²) in [4.78, 5) is 4.68. The van der Waals surface area contributed by atoms with Crippen LogP contribution in [0.15, 0.2) is 4.99 Å². The highest BCUT2D eigenvalue weighted by atomic mass is 32.2. The van der Waals surface area contributed by atoms with Crippen LogP contribution in [0.5, 0.6) is 0 Å². The Kier molecular flexibility index (Phi) is 4.79. The van der Waals surface area contributed by atoms with Gasteiger partial charge in [0.15, 0.2) is 5.17 Å². The molecule has 0 saturated heterocycles. The number of nitrogens with zero attached hydrogens (tertiary/aromatic N) is 1. The molecule has 0 fully saturated rings. The molecule has 1 aliphatic rings. The standard InChI is InChI=1S/C11H22N2S/c1-5-9(4)12-11-13-10(7-14-11)6-8(2)3/h8-10H,5-7H2,1-4H3,(H,12,13). The molecule has 1 heterocycles. The first-order chi connectivity index (χ1) is 6.61. The summed E-state index contributed by atoms with van der Waals surface area (Å²) in [6.07, 6.45) is 2.38. The van der Waals surface area contributed by atoms with Crippen LogP contribution < -0.4 is 5.32 Å². The first kappa shape index (κ1) is 11.9. The predicted molar refractivity (Wildman–Crippen MR) is 66.0 cm³/mol. The maximum Gasteiger partial charge on any atom is 0.157 e. The molecule has 3 heteroatoms. The first-order valence-electron chi connectivity index (χ1n) is 5.59. The second-order valence-corrected chi connectivity index (χ2v) is 5.49. The molecule has 0 saturated carbocycles. The van der Waals surface area contributed by atoms with Crippen molar-refractivity contribution in [1.82, 2.24) is 5.32 Å². The Labute approximate surface area is 92.0 Å². The van der Waals surface area contributed by atoms with Crippen molar-refractivity contribution in [3.8, 4) is 0 Å². The Hall–Kier alpha value is -0.180. The van der Waals surface area contributed by atoms with Crippen LogP contribution in [-0.2, 0) is 0 Å². The Balaban J connectivity index is 2.34. The lowest BCUT2D eigenvalue weighted by atomic mass is 10.1. The molecule has 0 amide bonds. The highest BCUT2D eigenvalue weighted by molar-refractivity contribution is 8.14. The summed E-state index contributed by atoms with van der Waals surface area (Å²) in [7, 11) is 0. The molecule has 0 aliphatic carbocycles. The Morgan fingerprint density at radius 2 is 2.21 bits per heavy atom. The lowest BCUT2D eigenvalue weighted by Crippen LogP contribution is -2.28. The van der Waals surface area contributed by atoms with Gasteiger partial charge >= 0.3 is 0 Å². The molecule has 2 unspecified atom stereocenters. The molecular weight excluding hydrogens is 192 g/mol. The maximum atomic E-state index is 4.68. The maximum absolute atomic E-state index is 4.68. The van der Waals surface area contributed by atoms with E-state index in [4.69, 9.17) is 0 Å². The third-order valence-corrected chi connectivity index (χ3v) is 3.49. The number of hydrogen-bond donors (Lipinski definition) is 1. The van der Waals surface area contributed by atoms with Crippen molar-refractivity contribution in [3.63, 3.8) is 0 Å². The van der Waals surface area contributed by atoms with E-state index in [1.54, 1.807) is 0 Å². The molecule has 0 spiro atoms. The van der Waals surface area contributed by atoms with Gasteiger partial charge in [0.25, 0.3) is 0 Å². The fraction of sp³-hybridized carbons (Fsp3) is 0.909. The monoisotopic (exact) mass is 214 g/mol. The zero-order chi connectivity index (χ0) is 10.6. The second kappa shape index (κ2) is 5.64. The fourth-order valence-electron chi connectivity index (χ4n) is 1.47. The van der Waals surface area contributed by atoms with Crippen LogP contribution in [0.2, 0.25) is 0 Å². The van der Waals surface area contributed by atoms with E-state index in [-0.39, 0.29) is 0 Å². The van der Waals surface area contributed by atoms with E-state index in [0.717, 1.165) is 23.3 Å². The third kappa shape index (κ3) is 3.91. The van der Waals surface area contributed by atoms with Crippen LogP contribution in [-0.4, -0.2) is 23.0 Å². The molecule has 0 aromatic rings. The van der Waals surface area contributed by atoms with Crippen LogP contribution >= 0.6 is 11.8 Å². The van der Waals surface area contributed by atoms with Gasteiger partial charge in [0.2, 0.25) is 0 Å². The van der Waals surface area contributed by atoms with E-state index in [0.29, 0.717) is 12.1 Å². The van der Waals surface area contributed by atoms with Gasteiger partial charge in [-0.2, -0.15) is 0 Å². The highest BCUT2D eigenvalue weighted by Crippen LogP contribution is 2.22. The van der Waals surface area contributed by atoms with Crippen molar-refractivity contribution >= 4 is 16.9 Å². The van der Waals surface area contributed by atoms with Gasteiger partial charge in [-0.05, 0) is 25.7 Å². The highest BCUT2D eigenvalue weighted by Gasteiger charge is 2.19. The molecule has 0 radical (unpaired) electrons. The summed E-state index contributed by atoms with van der Waals surface area (Å²) in [6, 6.07) is 1.10. The Morgan fingerprint density at radius 3 is 2.79 bits per heavy atom. The van der Waals surface area contributed by atoms with Gasteiger partial charge in [-0.1, -0.05) is 32.5 Å². The number of hydrogen-bond acceptors (Lipinski definition) is 3. The van der Waals surface area contributed by atoms with Crippen LogP contribution in [0.25, 0.3) is 0 Å². The largest absolute Gasteiger partial charge is 0.362 e. The van der Waals surface area contributed by atoms with E-state index in [2.05, 4.69) is 38.0 Å². The molecule has 82 valence electrons. The molecule has 2 atom stereocenters. The summed E-state index contributed by atoms with van der Waals surface area (Å²) in [6.45, 7) is 8.93. The summed E-state index contributed by atoms with van der Waals surface area (Å²) in [5.41, 5.74) is 0. The fourth-order valence-corrected chi connectivity index (χ4v) is 2.54. The predicted octanol–water partition coefficient (Wildman–Crippen LogP) is 2.89. The second-order valence-electron chi connectivity index (χ2n) is 4.48. The van der Waals surface area contributed by atoms with Gasteiger partial charge in [0, 0.05) is 11.8 Å². The molecule has 0 aromatic carbocycles. The Morgan fingerprint density at radius 1 is 1.50 bits per heavy atom. The topological polar surface area (TPSA) is 24.4 Å². The molecule has 1 rings (SSSR count). The zero-order valence-electron chi connectivity index (χ0n) is 9.71. The average Bonchev–Trinajstić information content (AvgIpc) is 2.51. The summed E-state index contributed by atoms with van der Waals surface area (Å²) in [5.74, 6) is 1.92. The SMILES string of the molecule is CCC(C)NC1=NC(CC(C)C)CS1. The minimum atomic E-state index is 0.548. The molecule has 1 N–H and O–H groups in total. The number of rotatable bonds is 4. The molecule has 2 nitrogen and oxygen atoms in total. The summed E-state index contributed by atoms with van der Waals surface area (Å²) < 4.78 is 0. The smallest absolute Gasteiger partial charge is 0.157 e. The van der Waals surface area contributed by atoms with Gasteiger partial charge in [-0.15, -0.1) is 0 Å². The van der Waals surface area contributed by atoms with Crippen LogP contribution in [0.1, 0.15) is 40.5 Å². The van der Waals surface area contributed by atoms with Crippen molar-refractivity contribution in [2.75, 3.05) is 5.75 Å². The lowest BCUT2D eigenvalue weighted by Gasteiger charge is -2.11.